The van der Waals surface area contributed by atoms with Gasteiger partial charge in [0.1, 0.15) is 11.2 Å². The molecule has 0 spiro atoms. The second kappa shape index (κ2) is 7.76. The molecule has 0 radical (unpaired) electrons. The van der Waals surface area contributed by atoms with Gasteiger partial charge in [-0.05, 0) is 19.9 Å². The van der Waals surface area contributed by atoms with Crippen molar-refractivity contribution in [1.82, 2.24) is 4.57 Å². The predicted molar refractivity (Wildman–Crippen MR) is 98.0 cm³/mol. The van der Waals surface area contributed by atoms with Gasteiger partial charge in [0.2, 0.25) is 5.91 Å². The first-order chi connectivity index (χ1) is 11.2. The van der Waals surface area contributed by atoms with Crippen molar-refractivity contribution in [2.75, 3.05) is 18.5 Å². The summed E-state index contributed by atoms with van der Waals surface area (Å²) in [6.07, 6.45) is 2.10. The summed E-state index contributed by atoms with van der Waals surface area (Å²) in [6.45, 7) is 8.43. The van der Waals surface area contributed by atoms with E-state index in [0.717, 1.165) is 0 Å². The number of aryl methyl sites for hydroxylation is 1. The van der Waals surface area contributed by atoms with Crippen LogP contribution in [0.15, 0.2) is 12.3 Å². The lowest BCUT2D eigenvalue weighted by Gasteiger charge is -2.57. The Morgan fingerprint density at radius 1 is 1.36 bits per heavy atom. The summed E-state index contributed by atoms with van der Waals surface area (Å²) >= 11 is 0. The number of halogens is 1. The van der Waals surface area contributed by atoms with Crippen molar-refractivity contribution < 1.29 is 19.1 Å². The number of carbonyl (C=O) groups excluding carboxylic acids is 2. The van der Waals surface area contributed by atoms with Crippen molar-refractivity contribution in [3.63, 3.8) is 0 Å². The lowest BCUT2D eigenvalue weighted by Crippen LogP contribution is -2.74. The largest absolute Gasteiger partial charge is 0.461 e. The molecular formula is C17H28ClN3O4. The Morgan fingerprint density at radius 2 is 2.00 bits per heavy atom. The zero-order valence-electron chi connectivity index (χ0n) is 15.4. The van der Waals surface area contributed by atoms with Crippen LogP contribution in [0.2, 0.25) is 0 Å². The zero-order valence-corrected chi connectivity index (χ0v) is 16.2. The van der Waals surface area contributed by atoms with Crippen LogP contribution in [-0.4, -0.2) is 41.3 Å². The Bertz CT molecular complexity index is 644. The Kier molecular flexibility index (Phi) is 6.67. The number of anilines is 1. The molecule has 1 aromatic heterocycles. The molecule has 0 aromatic carbocycles. The molecular weight excluding hydrogens is 346 g/mol. The van der Waals surface area contributed by atoms with Crippen LogP contribution in [0, 0.1) is 5.41 Å². The highest BCUT2D eigenvalue weighted by Gasteiger charge is 2.62. The van der Waals surface area contributed by atoms with Gasteiger partial charge in [-0.3, -0.25) is 4.79 Å². The number of rotatable bonds is 6. The van der Waals surface area contributed by atoms with Crippen LogP contribution in [-0.2, 0) is 21.3 Å². The highest BCUT2D eigenvalue weighted by atomic mass is 35.5. The summed E-state index contributed by atoms with van der Waals surface area (Å²) in [6, 6.07) is 1.59. The Hall–Kier alpha value is -1.57. The molecule has 1 fully saturated rings. The lowest BCUT2D eigenvalue weighted by molar-refractivity contribution is -0.166. The SMILES string of the molecule is CCOC(=O)c1cc(NC(=O)C2(N)CC(OCC)C2(C)C)cn1C.Cl. The first kappa shape index (κ1) is 21.5. The third-order valence-electron chi connectivity index (χ3n) is 4.98. The van der Waals surface area contributed by atoms with Gasteiger partial charge in [-0.2, -0.15) is 0 Å². The molecule has 1 heterocycles. The molecule has 8 heteroatoms. The monoisotopic (exact) mass is 373 g/mol. The fraction of sp³-hybridized carbons (Fsp3) is 0.647. The first-order valence-corrected chi connectivity index (χ1v) is 8.22. The minimum atomic E-state index is -1.01. The van der Waals surface area contributed by atoms with E-state index in [1.54, 1.807) is 30.8 Å². The smallest absolute Gasteiger partial charge is 0.355 e. The number of amides is 1. The second-order valence-corrected chi connectivity index (χ2v) is 6.74. The number of nitrogens with one attached hydrogen (secondary N) is 1. The Balaban J connectivity index is 0.00000312. The maximum atomic E-state index is 12.7. The fourth-order valence-corrected chi connectivity index (χ4v) is 3.10. The van der Waals surface area contributed by atoms with E-state index < -0.39 is 16.9 Å². The third kappa shape index (κ3) is 3.68. The zero-order chi connectivity index (χ0) is 18.1. The molecule has 1 aliphatic rings. The van der Waals surface area contributed by atoms with Crippen molar-refractivity contribution in [3.8, 4) is 0 Å². The van der Waals surface area contributed by atoms with Gasteiger partial charge in [-0.15, -0.1) is 12.4 Å². The van der Waals surface area contributed by atoms with E-state index in [-0.39, 0.29) is 24.4 Å². The van der Waals surface area contributed by atoms with Gasteiger partial charge in [-0.25, -0.2) is 4.79 Å². The van der Waals surface area contributed by atoms with Gasteiger partial charge in [0, 0.05) is 31.7 Å². The maximum absolute atomic E-state index is 12.7. The minimum Gasteiger partial charge on any atom is -0.461 e. The van der Waals surface area contributed by atoms with Crippen molar-refractivity contribution in [3.05, 3.63) is 18.0 Å². The molecule has 1 aromatic rings. The van der Waals surface area contributed by atoms with Crippen molar-refractivity contribution in [2.24, 2.45) is 18.2 Å². The number of nitrogens with two attached hydrogens (primary N) is 1. The van der Waals surface area contributed by atoms with Crippen LogP contribution in [0.4, 0.5) is 5.69 Å². The van der Waals surface area contributed by atoms with E-state index in [1.807, 2.05) is 20.8 Å². The standard InChI is InChI=1S/C17H27N3O4.ClH/c1-6-23-13-9-17(18,16(13,3)4)15(22)19-11-8-12(20(5)10-11)14(21)24-7-2;/h8,10,13H,6-7,9,18H2,1-5H3,(H,19,22);1H. The van der Waals surface area contributed by atoms with Gasteiger partial charge in [-0.1, -0.05) is 13.8 Å². The quantitative estimate of drug-likeness (QED) is 0.744. The maximum Gasteiger partial charge on any atom is 0.355 e. The average Bonchev–Trinajstić information content (AvgIpc) is 2.87. The highest BCUT2D eigenvalue weighted by Crippen LogP contribution is 2.50. The lowest BCUT2D eigenvalue weighted by atomic mass is 9.54. The molecule has 142 valence electrons. The van der Waals surface area contributed by atoms with Gasteiger partial charge in [0.25, 0.3) is 0 Å². The van der Waals surface area contributed by atoms with Crippen LogP contribution in [0.1, 0.15) is 44.6 Å². The summed E-state index contributed by atoms with van der Waals surface area (Å²) in [5.74, 6) is -0.701. The van der Waals surface area contributed by atoms with Crippen LogP contribution >= 0.6 is 12.4 Å². The number of hydrogen-bond donors (Lipinski definition) is 2. The van der Waals surface area contributed by atoms with Crippen molar-refractivity contribution >= 4 is 30.0 Å². The number of nitrogens with zero attached hydrogens (tertiary/aromatic N) is 1. The first-order valence-electron chi connectivity index (χ1n) is 8.22. The molecule has 2 atom stereocenters. The normalized spacial score (nSPS) is 24.0. The molecule has 2 unspecified atom stereocenters. The summed E-state index contributed by atoms with van der Waals surface area (Å²) in [5.41, 5.74) is 5.77. The van der Waals surface area contributed by atoms with Crippen molar-refractivity contribution in [1.29, 1.82) is 0 Å². The second-order valence-electron chi connectivity index (χ2n) is 6.74. The van der Waals surface area contributed by atoms with Crippen LogP contribution in [0.5, 0.6) is 0 Å². The molecule has 0 saturated heterocycles. The Labute approximate surface area is 154 Å². The predicted octanol–water partition coefficient (Wildman–Crippen LogP) is 2.09. The number of hydrogen-bond acceptors (Lipinski definition) is 5. The van der Waals surface area contributed by atoms with Gasteiger partial charge in [0.05, 0.1) is 18.4 Å². The average molecular weight is 374 g/mol. The minimum absolute atomic E-state index is 0. The molecule has 1 amide bonds. The number of esters is 1. The van der Waals surface area contributed by atoms with Gasteiger partial charge >= 0.3 is 5.97 Å². The topological polar surface area (TPSA) is 95.6 Å². The molecule has 7 nitrogen and oxygen atoms in total. The number of carbonyl (C=O) groups is 2. The summed E-state index contributed by atoms with van der Waals surface area (Å²) in [5, 5.41) is 2.81. The molecule has 25 heavy (non-hydrogen) atoms. The molecule has 0 bridgehead atoms. The van der Waals surface area contributed by atoms with E-state index in [4.69, 9.17) is 15.2 Å². The van der Waals surface area contributed by atoms with E-state index in [9.17, 15) is 9.59 Å². The van der Waals surface area contributed by atoms with Gasteiger partial charge < -0.3 is 25.1 Å². The molecule has 1 aliphatic carbocycles. The molecule has 2 rings (SSSR count). The summed E-state index contributed by atoms with van der Waals surface area (Å²) < 4.78 is 12.2. The molecule has 0 aliphatic heterocycles. The van der Waals surface area contributed by atoms with E-state index in [0.29, 0.717) is 31.0 Å². The van der Waals surface area contributed by atoms with Crippen LogP contribution in [0.3, 0.4) is 0 Å². The summed E-state index contributed by atoms with van der Waals surface area (Å²) in [7, 11) is 1.72. The summed E-state index contributed by atoms with van der Waals surface area (Å²) in [4.78, 5) is 24.5. The fourth-order valence-electron chi connectivity index (χ4n) is 3.10. The Morgan fingerprint density at radius 3 is 2.52 bits per heavy atom. The number of aromatic nitrogens is 1. The number of ether oxygens (including phenoxy) is 2. The van der Waals surface area contributed by atoms with Crippen LogP contribution < -0.4 is 11.1 Å². The van der Waals surface area contributed by atoms with E-state index in [2.05, 4.69) is 5.32 Å². The van der Waals surface area contributed by atoms with Crippen molar-refractivity contribution in [2.45, 2.75) is 45.8 Å². The molecule has 1 saturated carbocycles. The van der Waals surface area contributed by atoms with E-state index >= 15 is 0 Å². The third-order valence-corrected chi connectivity index (χ3v) is 4.98. The highest BCUT2D eigenvalue weighted by molar-refractivity contribution is 6.00. The van der Waals surface area contributed by atoms with Crippen LogP contribution in [0.25, 0.3) is 0 Å². The molecule has 3 N–H and O–H groups in total. The van der Waals surface area contributed by atoms with Gasteiger partial charge in [0.15, 0.2) is 0 Å². The van der Waals surface area contributed by atoms with E-state index in [1.165, 1.54) is 0 Å².